The average molecular weight is 238 g/mol. The highest BCUT2D eigenvalue weighted by atomic mass is 16.3. The Morgan fingerprint density at radius 2 is 1.61 bits per heavy atom. The fourth-order valence-corrected chi connectivity index (χ4v) is 2.45. The van der Waals surface area contributed by atoms with Crippen LogP contribution in [-0.4, -0.2) is 11.7 Å². The van der Waals surface area contributed by atoms with Crippen molar-refractivity contribution < 1.29 is 9.67 Å². The maximum atomic E-state index is 9.07. The fourth-order valence-electron chi connectivity index (χ4n) is 2.45. The van der Waals surface area contributed by atoms with Gasteiger partial charge in [0, 0.05) is 11.5 Å². The summed E-state index contributed by atoms with van der Waals surface area (Å²) in [5, 5.41) is 14.1. The SMILES string of the molecule is C[n+]1cc2cc3ccccc3cc2cc1CCO. The summed E-state index contributed by atoms with van der Waals surface area (Å²) in [5.41, 5.74) is 1.15. The standard InChI is InChI=1S/C16H16NO/c1-17-11-15-9-13-5-3-2-4-12(13)8-14(15)10-16(17)6-7-18/h2-5,8-11,18H,6-7H2,1H3/q+1. The van der Waals surface area contributed by atoms with Gasteiger partial charge in [-0.1, -0.05) is 24.3 Å². The van der Waals surface area contributed by atoms with Gasteiger partial charge < -0.3 is 5.11 Å². The van der Waals surface area contributed by atoms with Gasteiger partial charge >= 0.3 is 0 Å². The van der Waals surface area contributed by atoms with Crippen LogP contribution in [0.2, 0.25) is 0 Å². The number of aliphatic hydroxyl groups excluding tert-OH is 1. The van der Waals surface area contributed by atoms with Gasteiger partial charge in [-0.25, -0.2) is 4.57 Å². The Balaban J connectivity index is 2.29. The minimum atomic E-state index is 0.187. The summed E-state index contributed by atoms with van der Waals surface area (Å²) >= 11 is 0. The van der Waals surface area contributed by atoms with Crippen molar-refractivity contribution in [3.05, 3.63) is 54.4 Å². The molecule has 0 fully saturated rings. The smallest absolute Gasteiger partial charge is 0.184 e. The second-order valence-corrected chi connectivity index (χ2v) is 4.68. The van der Waals surface area contributed by atoms with E-state index in [0.717, 1.165) is 5.69 Å². The number of hydrogen-bond donors (Lipinski definition) is 1. The first-order valence-electron chi connectivity index (χ1n) is 6.20. The molecule has 3 rings (SSSR count). The van der Waals surface area contributed by atoms with Gasteiger partial charge in [0.2, 0.25) is 0 Å². The van der Waals surface area contributed by atoms with Crippen molar-refractivity contribution in [1.82, 2.24) is 0 Å². The highest BCUT2D eigenvalue weighted by molar-refractivity contribution is 5.97. The molecule has 0 radical (unpaired) electrons. The predicted molar refractivity (Wildman–Crippen MR) is 73.4 cm³/mol. The topological polar surface area (TPSA) is 24.1 Å². The highest BCUT2D eigenvalue weighted by Crippen LogP contribution is 2.22. The summed E-state index contributed by atoms with van der Waals surface area (Å²) in [7, 11) is 2.03. The molecule has 1 N–H and O–H groups in total. The molecule has 0 amide bonds. The van der Waals surface area contributed by atoms with Gasteiger partial charge in [-0.3, -0.25) is 0 Å². The quantitative estimate of drug-likeness (QED) is 0.538. The third kappa shape index (κ3) is 1.85. The molecule has 90 valence electrons. The van der Waals surface area contributed by atoms with E-state index in [1.165, 1.54) is 21.5 Å². The zero-order valence-corrected chi connectivity index (χ0v) is 10.4. The van der Waals surface area contributed by atoms with Gasteiger partial charge in [-0.15, -0.1) is 0 Å². The Hall–Kier alpha value is -1.93. The highest BCUT2D eigenvalue weighted by Gasteiger charge is 2.09. The van der Waals surface area contributed by atoms with Crippen LogP contribution in [0.4, 0.5) is 0 Å². The van der Waals surface area contributed by atoms with Crippen LogP contribution in [-0.2, 0) is 13.5 Å². The van der Waals surface area contributed by atoms with E-state index in [2.05, 4.69) is 53.2 Å². The van der Waals surface area contributed by atoms with Crippen molar-refractivity contribution in [1.29, 1.82) is 0 Å². The number of fused-ring (bicyclic) bond motifs is 2. The van der Waals surface area contributed by atoms with Crippen LogP contribution >= 0.6 is 0 Å². The van der Waals surface area contributed by atoms with E-state index in [1.54, 1.807) is 0 Å². The number of pyridine rings is 1. The molecule has 0 aliphatic heterocycles. The number of aromatic nitrogens is 1. The van der Waals surface area contributed by atoms with Crippen LogP contribution in [0.5, 0.6) is 0 Å². The van der Waals surface area contributed by atoms with Crippen molar-refractivity contribution in [3.63, 3.8) is 0 Å². The first-order valence-corrected chi connectivity index (χ1v) is 6.20. The van der Waals surface area contributed by atoms with E-state index in [0.29, 0.717) is 6.42 Å². The lowest BCUT2D eigenvalue weighted by molar-refractivity contribution is -0.677. The molecule has 0 saturated carbocycles. The largest absolute Gasteiger partial charge is 0.396 e. The Kier molecular flexibility index (Phi) is 2.73. The third-order valence-corrected chi connectivity index (χ3v) is 3.43. The minimum Gasteiger partial charge on any atom is -0.396 e. The number of rotatable bonds is 2. The first kappa shape index (κ1) is 11.2. The van der Waals surface area contributed by atoms with E-state index in [9.17, 15) is 0 Å². The number of benzene rings is 2. The lowest BCUT2D eigenvalue weighted by Crippen LogP contribution is -2.33. The molecule has 0 atom stereocenters. The molecule has 18 heavy (non-hydrogen) atoms. The lowest BCUT2D eigenvalue weighted by Gasteiger charge is -2.04. The second kappa shape index (κ2) is 4.39. The molecule has 2 nitrogen and oxygen atoms in total. The molecular formula is C16H16NO+. The first-order chi connectivity index (χ1) is 8.78. The van der Waals surface area contributed by atoms with Crippen LogP contribution in [0, 0.1) is 0 Å². The van der Waals surface area contributed by atoms with Gasteiger partial charge in [-0.2, -0.15) is 0 Å². The summed E-state index contributed by atoms with van der Waals surface area (Å²) in [6, 6.07) is 15.0. The van der Waals surface area contributed by atoms with Crippen molar-refractivity contribution >= 4 is 21.5 Å². The minimum absolute atomic E-state index is 0.187. The van der Waals surface area contributed by atoms with E-state index in [1.807, 2.05) is 7.05 Å². The molecular weight excluding hydrogens is 222 g/mol. The van der Waals surface area contributed by atoms with E-state index in [4.69, 9.17) is 5.11 Å². The van der Waals surface area contributed by atoms with Crippen molar-refractivity contribution in [2.75, 3.05) is 6.61 Å². The normalized spacial score (nSPS) is 11.2. The Bertz CT molecular complexity index is 719. The third-order valence-electron chi connectivity index (χ3n) is 3.43. The number of aliphatic hydroxyl groups is 1. The molecule has 2 heteroatoms. The van der Waals surface area contributed by atoms with Gasteiger partial charge in [0.05, 0.1) is 13.0 Å². The summed E-state index contributed by atoms with van der Waals surface area (Å²) in [4.78, 5) is 0. The molecule has 1 aromatic heterocycles. The number of hydrogen-bond acceptors (Lipinski definition) is 1. The monoisotopic (exact) mass is 238 g/mol. The van der Waals surface area contributed by atoms with Gasteiger partial charge in [-0.05, 0) is 28.3 Å². The maximum Gasteiger partial charge on any atom is 0.184 e. The molecule has 1 heterocycles. The van der Waals surface area contributed by atoms with E-state index >= 15 is 0 Å². The Labute approximate surface area is 106 Å². The Morgan fingerprint density at radius 3 is 2.28 bits per heavy atom. The fraction of sp³-hybridized carbons (Fsp3) is 0.188. The summed E-state index contributed by atoms with van der Waals surface area (Å²) in [6.07, 6.45) is 2.83. The second-order valence-electron chi connectivity index (χ2n) is 4.68. The van der Waals surface area contributed by atoms with Crippen LogP contribution in [0.1, 0.15) is 5.69 Å². The Morgan fingerprint density at radius 1 is 0.944 bits per heavy atom. The molecule has 0 bridgehead atoms. The molecule has 0 spiro atoms. The molecule has 0 unspecified atom stereocenters. The van der Waals surface area contributed by atoms with Crippen LogP contribution < -0.4 is 4.57 Å². The lowest BCUT2D eigenvalue weighted by atomic mass is 10.0. The molecule has 2 aromatic carbocycles. The van der Waals surface area contributed by atoms with Gasteiger partial charge in [0.1, 0.15) is 7.05 Å². The molecule has 0 saturated heterocycles. The summed E-state index contributed by atoms with van der Waals surface area (Å²) in [5.74, 6) is 0. The van der Waals surface area contributed by atoms with Crippen LogP contribution in [0.3, 0.4) is 0 Å². The maximum absolute atomic E-state index is 9.07. The zero-order chi connectivity index (χ0) is 12.5. The number of nitrogens with zero attached hydrogens (tertiary/aromatic N) is 1. The van der Waals surface area contributed by atoms with Crippen LogP contribution in [0.15, 0.2) is 48.7 Å². The molecule has 0 aliphatic rings. The van der Waals surface area contributed by atoms with Crippen molar-refractivity contribution in [2.24, 2.45) is 7.05 Å². The predicted octanol–water partition coefficient (Wildman–Crippen LogP) is 2.35. The van der Waals surface area contributed by atoms with Crippen molar-refractivity contribution in [2.45, 2.75) is 6.42 Å². The summed E-state index contributed by atoms with van der Waals surface area (Å²) < 4.78 is 2.09. The van der Waals surface area contributed by atoms with Crippen LogP contribution in [0.25, 0.3) is 21.5 Å². The average Bonchev–Trinajstić information content (AvgIpc) is 2.38. The zero-order valence-electron chi connectivity index (χ0n) is 10.4. The number of aryl methyl sites for hydroxylation is 1. The molecule has 3 aromatic rings. The molecule has 0 aliphatic carbocycles. The van der Waals surface area contributed by atoms with Crippen molar-refractivity contribution in [3.8, 4) is 0 Å². The van der Waals surface area contributed by atoms with E-state index in [-0.39, 0.29) is 6.61 Å². The summed E-state index contributed by atoms with van der Waals surface area (Å²) in [6.45, 7) is 0.187. The van der Waals surface area contributed by atoms with Gasteiger partial charge in [0.15, 0.2) is 11.9 Å². The van der Waals surface area contributed by atoms with E-state index < -0.39 is 0 Å². The van der Waals surface area contributed by atoms with Gasteiger partial charge in [0.25, 0.3) is 0 Å².